The Kier molecular flexibility index (Phi) is 4.07. The second kappa shape index (κ2) is 6.39. The number of benzene rings is 2. The summed E-state index contributed by atoms with van der Waals surface area (Å²) in [5.74, 6) is -2.29. The number of fused-ring (bicyclic) bond motifs is 2. The van der Waals surface area contributed by atoms with Gasteiger partial charge in [-0.2, -0.15) is 0 Å². The largest absolute Gasteiger partial charge is 0.491 e. The van der Waals surface area contributed by atoms with Crippen LogP contribution in [0, 0.1) is 17.6 Å². The number of halogens is 2. The lowest BCUT2D eigenvalue weighted by Gasteiger charge is -2.39. The molecule has 1 amide bonds. The van der Waals surface area contributed by atoms with Crippen LogP contribution in [-0.4, -0.2) is 18.0 Å². The molecule has 1 atom stereocenters. The van der Waals surface area contributed by atoms with E-state index >= 15 is 0 Å². The minimum Gasteiger partial charge on any atom is -0.423 e. The molecule has 0 unspecified atom stereocenters. The molecule has 0 radical (unpaired) electrons. The Labute approximate surface area is 162 Å². The molecule has 5 rings (SSSR count). The zero-order valence-corrected chi connectivity index (χ0v) is 15.3. The van der Waals surface area contributed by atoms with E-state index < -0.39 is 24.2 Å². The lowest BCUT2D eigenvalue weighted by Crippen LogP contribution is -2.44. The van der Waals surface area contributed by atoms with Crippen LogP contribution in [-0.2, 0) is 21.5 Å². The van der Waals surface area contributed by atoms with Gasteiger partial charge in [-0.05, 0) is 47.0 Å². The predicted molar refractivity (Wildman–Crippen MR) is 101 cm³/mol. The smallest absolute Gasteiger partial charge is 0.423 e. The van der Waals surface area contributed by atoms with Crippen LogP contribution in [0.15, 0.2) is 30.3 Å². The summed E-state index contributed by atoms with van der Waals surface area (Å²) < 4.78 is 33.7. The standard InChI is InChI=1S/C21H20BF2NO3/c23-17-9-7-15-19(18(17)24)25-20(26)21(15,13-4-2-1-3-5-13)14-6-8-16-12(10-14)11-28-22(16)27/h6-10,13,27H,1-5,11H2,(H,25,26)/t21-/m1/s1. The molecular weight excluding hydrogens is 363 g/mol. The second-order valence-corrected chi connectivity index (χ2v) is 7.96. The summed E-state index contributed by atoms with van der Waals surface area (Å²) in [5, 5.41) is 12.6. The Morgan fingerprint density at radius 3 is 2.71 bits per heavy atom. The first-order valence-electron chi connectivity index (χ1n) is 9.76. The number of rotatable bonds is 2. The fourth-order valence-corrected chi connectivity index (χ4v) is 5.27. The third-order valence-corrected chi connectivity index (χ3v) is 6.59. The number of anilines is 1. The molecule has 3 aliphatic rings. The van der Waals surface area contributed by atoms with E-state index in [4.69, 9.17) is 4.65 Å². The normalized spacial score (nSPS) is 24.2. The van der Waals surface area contributed by atoms with Gasteiger partial charge in [-0.15, -0.1) is 0 Å². The number of nitrogens with one attached hydrogen (secondary N) is 1. The molecule has 2 aromatic rings. The summed E-state index contributed by atoms with van der Waals surface area (Å²) in [6.45, 7) is 0.261. The highest BCUT2D eigenvalue weighted by molar-refractivity contribution is 6.61. The van der Waals surface area contributed by atoms with Crippen molar-refractivity contribution >= 4 is 24.2 Å². The van der Waals surface area contributed by atoms with Gasteiger partial charge in [-0.3, -0.25) is 4.79 Å². The highest BCUT2D eigenvalue weighted by Crippen LogP contribution is 2.53. The van der Waals surface area contributed by atoms with E-state index in [9.17, 15) is 18.6 Å². The Bertz CT molecular complexity index is 976. The summed E-state index contributed by atoms with van der Waals surface area (Å²) in [5.41, 5.74) is 1.65. The summed E-state index contributed by atoms with van der Waals surface area (Å²) in [6.07, 6.45) is 4.82. The molecular formula is C21H20BF2NO3. The van der Waals surface area contributed by atoms with Crippen LogP contribution >= 0.6 is 0 Å². The minimum atomic E-state index is -1.06. The first-order valence-corrected chi connectivity index (χ1v) is 9.76. The average Bonchev–Trinajstić information content (AvgIpc) is 3.23. The van der Waals surface area contributed by atoms with E-state index in [1.54, 1.807) is 12.1 Å². The van der Waals surface area contributed by atoms with Crippen molar-refractivity contribution in [1.29, 1.82) is 0 Å². The van der Waals surface area contributed by atoms with Crippen LogP contribution in [0.4, 0.5) is 14.5 Å². The molecule has 0 saturated heterocycles. The average molecular weight is 383 g/mol. The molecule has 1 saturated carbocycles. The Hall–Kier alpha value is -2.25. The van der Waals surface area contributed by atoms with Gasteiger partial charge in [0.15, 0.2) is 11.6 Å². The molecule has 2 aromatic carbocycles. The van der Waals surface area contributed by atoms with E-state index in [0.717, 1.165) is 49.3 Å². The number of carbonyl (C=O) groups is 1. The van der Waals surface area contributed by atoms with Crippen molar-refractivity contribution in [2.45, 2.75) is 44.1 Å². The zero-order chi connectivity index (χ0) is 19.5. The van der Waals surface area contributed by atoms with Crippen LogP contribution in [0.2, 0.25) is 0 Å². The lowest BCUT2D eigenvalue weighted by atomic mass is 9.61. The maximum absolute atomic E-state index is 14.5. The van der Waals surface area contributed by atoms with Gasteiger partial charge in [0, 0.05) is 0 Å². The topological polar surface area (TPSA) is 58.6 Å². The van der Waals surface area contributed by atoms with Gasteiger partial charge in [-0.25, -0.2) is 8.78 Å². The second-order valence-electron chi connectivity index (χ2n) is 7.96. The van der Waals surface area contributed by atoms with E-state index in [2.05, 4.69) is 5.32 Å². The zero-order valence-electron chi connectivity index (χ0n) is 15.3. The van der Waals surface area contributed by atoms with E-state index in [0.29, 0.717) is 11.0 Å². The van der Waals surface area contributed by atoms with E-state index in [1.807, 2.05) is 12.1 Å². The maximum atomic E-state index is 14.5. The highest BCUT2D eigenvalue weighted by atomic mass is 19.2. The van der Waals surface area contributed by atoms with Crippen molar-refractivity contribution in [3.63, 3.8) is 0 Å². The quantitative estimate of drug-likeness (QED) is 0.784. The molecule has 2 N–H and O–H groups in total. The third-order valence-electron chi connectivity index (χ3n) is 6.59. The molecule has 2 aliphatic heterocycles. The number of amides is 1. The molecule has 0 aromatic heterocycles. The number of hydrogen-bond donors (Lipinski definition) is 2. The molecule has 2 heterocycles. The van der Waals surface area contributed by atoms with Crippen molar-refractivity contribution in [1.82, 2.24) is 0 Å². The van der Waals surface area contributed by atoms with Gasteiger partial charge in [0.1, 0.15) is 5.41 Å². The summed E-state index contributed by atoms with van der Waals surface area (Å²) in [4.78, 5) is 13.4. The minimum absolute atomic E-state index is 0.00217. The van der Waals surface area contributed by atoms with Gasteiger partial charge < -0.3 is 15.0 Å². The summed E-state index contributed by atoms with van der Waals surface area (Å²) in [6, 6.07) is 8.13. The molecule has 7 heteroatoms. The van der Waals surface area contributed by atoms with Gasteiger partial charge in [0.05, 0.1) is 12.3 Å². The molecule has 28 heavy (non-hydrogen) atoms. The number of carbonyl (C=O) groups excluding carboxylic acids is 1. The summed E-state index contributed by atoms with van der Waals surface area (Å²) in [7, 11) is -0.967. The van der Waals surface area contributed by atoms with Crippen molar-refractivity contribution in [2.75, 3.05) is 5.32 Å². The van der Waals surface area contributed by atoms with Crippen LogP contribution in [0.3, 0.4) is 0 Å². The Morgan fingerprint density at radius 2 is 1.93 bits per heavy atom. The summed E-state index contributed by atoms with van der Waals surface area (Å²) >= 11 is 0. The molecule has 1 fully saturated rings. The maximum Gasteiger partial charge on any atom is 0.491 e. The SMILES string of the molecule is O=C1Nc2c(ccc(F)c2F)[C@]1(c1ccc2c(c1)COB2O)C1CCCCC1. The Balaban J connectivity index is 1.75. The molecule has 4 nitrogen and oxygen atoms in total. The predicted octanol–water partition coefficient (Wildman–Crippen LogP) is 3.00. The molecule has 0 spiro atoms. The molecule has 1 aliphatic carbocycles. The highest BCUT2D eigenvalue weighted by Gasteiger charge is 2.54. The van der Waals surface area contributed by atoms with Crippen LogP contribution < -0.4 is 10.8 Å². The van der Waals surface area contributed by atoms with Crippen LogP contribution in [0.5, 0.6) is 0 Å². The first-order chi connectivity index (χ1) is 13.5. The van der Waals surface area contributed by atoms with Crippen LogP contribution in [0.1, 0.15) is 48.8 Å². The van der Waals surface area contributed by atoms with Crippen LogP contribution in [0.25, 0.3) is 0 Å². The van der Waals surface area contributed by atoms with E-state index in [1.165, 1.54) is 0 Å². The number of hydrogen-bond acceptors (Lipinski definition) is 3. The molecule has 0 bridgehead atoms. The van der Waals surface area contributed by atoms with Crippen molar-refractivity contribution in [2.24, 2.45) is 5.92 Å². The van der Waals surface area contributed by atoms with Gasteiger partial charge >= 0.3 is 7.12 Å². The van der Waals surface area contributed by atoms with Gasteiger partial charge in [0.25, 0.3) is 0 Å². The lowest BCUT2D eigenvalue weighted by molar-refractivity contribution is -0.121. The molecule has 144 valence electrons. The van der Waals surface area contributed by atoms with Crippen molar-refractivity contribution in [3.05, 3.63) is 58.7 Å². The fourth-order valence-electron chi connectivity index (χ4n) is 5.27. The third kappa shape index (κ3) is 2.32. The monoisotopic (exact) mass is 383 g/mol. The fraction of sp³-hybridized carbons (Fsp3) is 0.381. The first kappa shape index (κ1) is 17.8. The van der Waals surface area contributed by atoms with Crippen molar-refractivity contribution < 1.29 is 23.3 Å². The Morgan fingerprint density at radius 1 is 1.14 bits per heavy atom. The van der Waals surface area contributed by atoms with Crippen molar-refractivity contribution in [3.8, 4) is 0 Å². The van der Waals surface area contributed by atoms with Gasteiger partial charge in [0.2, 0.25) is 5.91 Å². The van der Waals surface area contributed by atoms with E-state index in [-0.39, 0.29) is 24.1 Å². The van der Waals surface area contributed by atoms with Gasteiger partial charge in [-0.1, -0.05) is 43.5 Å².